The third kappa shape index (κ3) is 3.83. The Morgan fingerprint density at radius 2 is 1.73 bits per heavy atom. The van der Waals surface area contributed by atoms with Crippen molar-refractivity contribution in [3.63, 3.8) is 0 Å². The van der Waals surface area contributed by atoms with Crippen LogP contribution in [0.1, 0.15) is 60.6 Å². The largest absolute Gasteiger partial charge is 0.355 e. The van der Waals surface area contributed by atoms with Crippen LogP contribution in [-0.2, 0) is 4.79 Å². The van der Waals surface area contributed by atoms with Gasteiger partial charge in [-0.3, -0.25) is 19.1 Å². The highest BCUT2D eigenvalue weighted by atomic mass is 16.1. The van der Waals surface area contributed by atoms with Crippen molar-refractivity contribution in [2.75, 3.05) is 45.2 Å². The van der Waals surface area contributed by atoms with Gasteiger partial charge in [-0.2, -0.15) is 0 Å². The Hall–Kier alpha value is -2.77. The van der Waals surface area contributed by atoms with Gasteiger partial charge < -0.3 is 9.80 Å². The molecule has 7 heteroatoms. The highest BCUT2D eigenvalue weighted by molar-refractivity contribution is 5.81. The van der Waals surface area contributed by atoms with Crippen molar-refractivity contribution in [1.29, 1.82) is 0 Å². The molecule has 0 spiro atoms. The summed E-state index contributed by atoms with van der Waals surface area (Å²) in [7, 11) is 4.31. The van der Waals surface area contributed by atoms with Crippen LogP contribution in [-0.4, -0.2) is 70.2 Å². The monoisotopic (exact) mass is 444 g/mol. The van der Waals surface area contributed by atoms with Gasteiger partial charge >= 0.3 is 0 Å². The van der Waals surface area contributed by atoms with Crippen LogP contribution in [0.3, 0.4) is 0 Å². The second-order valence-corrected chi connectivity index (χ2v) is 9.96. The summed E-state index contributed by atoms with van der Waals surface area (Å²) < 4.78 is 2.21. The molecular formula is C26H32N6O. The number of ketones is 1. The van der Waals surface area contributed by atoms with Gasteiger partial charge in [-0.1, -0.05) is 12.1 Å². The fraction of sp³-hybridized carbons (Fsp3) is 0.500. The summed E-state index contributed by atoms with van der Waals surface area (Å²) in [5.41, 5.74) is 4.33. The van der Waals surface area contributed by atoms with E-state index in [9.17, 15) is 4.79 Å². The second kappa shape index (κ2) is 8.22. The fourth-order valence-electron chi connectivity index (χ4n) is 5.54. The molecule has 2 saturated heterocycles. The maximum Gasteiger partial charge on any atom is 0.138 e. The van der Waals surface area contributed by atoms with Crippen molar-refractivity contribution in [2.24, 2.45) is 0 Å². The third-order valence-electron chi connectivity index (χ3n) is 7.69. The first kappa shape index (κ1) is 20.8. The lowest BCUT2D eigenvalue weighted by Crippen LogP contribution is -2.45. The number of likely N-dealkylation sites (tertiary alicyclic amines) is 1. The molecule has 1 aliphatic carbocycles. The van der Waals surface area contributed by atoms with E-state index in [1.807, 2.05) is 12.3 Å². The van der Waals surface area contributed by atoms with E-state index in [4.69, 9.17) is 9.97 Å². The number of imidazole rings is 1. The Kier molecular flexibility index (Phi) is 5.18. The molecular weight excluding hydrogens is 412 g/mol. The molecule has 3 aliphatic rings. The molecule has 0 bridgehead atoms. The zero-order valence-electron chi connectivity index (χ0n) is 19.5. The summed E-state index contributed by atoms with van der Waals surface area (Å²) >= 11 is 0. The minimum Gasteiger partial charge on any atom is -0.355 e. The molecule has 6 rings (SSSR count). The van der Waals surface area contributed by atoms with E-state index in [0.29, 0.717) is 24.5 Å². The Morgan fingerprint density at radius 1 is 0.939 bits per heavy atom. The van der Waals surface area contributed by atoms with Crippen molar-refractivity contribution in [1.82, 2.24) is 24.2 Å². The summed E-state index contributed by atoms with van der Waals surface area (Å²) in [4.78, 5) is 29.8. The molecule has 7 nitrogen and oxygen atoms in total. The van der Waals surface area contributed by atoms with Gasteiger partial charge in [0.1, 0.15) is 17.2 Å². The van der Waals surface area contributed by atoms with E-state index in [1.165, 1.54) is 24.2 Å². The number of carbonyl (C=O) groups excluding carboxylic acids is 1. The first-order valence-electron chi connectivity index (χ1n) is 12.2. The molecule has 3 aromatic rings. The van der Waals surface area contributed by atoms with E-state index in [1.54, 1.807) is 0 Å². The zero-order chi connectivity index (χ0) is 22.5. The van der Waals surface area contributed by atoms with Crippen LogP contribution in [0.5, 0.6) is 0 Å². The number of hydrogen-bond acceptors (Lipinski definition) is 6. The summed E-state index contributed by atoms with van der Waals surface area (Å²) in [6.07, 6.45) is 7.52. The maximum atomic E-state index is 12.9. The molecule has 3 fully saturated rings. The number of anilines is 1. The number of hydrogen-bond donors (Lipinski definition) is 0. The predicted molar refractivity (Wildman–Crippen MR) is 129 cm³/mol. The third-order valence-corrected chi connectivity index (χ3v) is 7.69. The summed E-state index contributed by atoms with van der Waals surface area (Å²) in [6, 6.07) is 10.5. The van der Waals surface area contributed by atoms with Gasteiger partial charge in [0.05, 0.1) is 23.5 Å². The molecule has 2 aliphatic heterocycles. The van der Waals surface area contributed by atoms with Crippen LogP contribution in [0.25, 0.3) is 5.65 Å². The number of pyridine rings is 2. The molecule has 0 N–H and O–H groups in total. The minimum atomic E-state index is -0.0365. The van der Waals surface area contributed by atoms with Crippen LogP contribution in [0.4, 0.5) is 5.82 Å². The zero-order valence-corrected chi connectivity index (χ0v) is 19.5. The van der Waals surface area contributed by atoms with Crippen LogP contribution in [0.2, 0.25) is 0 Å². The lowest BCUT2D eigenvalue weighted by atomic mass is 9.89. The first-order chi connectivity index (χ1) is 16.1. The van der Waals surface area contributed by atoms with Gasteiger partial charge in [0, 0.05) is 51.4 Å². The second-order valence-electron chi connectivity index (χ2n) is 9.96. The Bertz CT molecular complexity index is 1180. The van der Waals surface area contributed by atoms with Crippen LogP contribution < -0.4 is 4.90 Å². The van der Waals surface area contributed by atoms with Gasteiger partial charge in [0.15, 0.2) is 0 Å². The number of carbonyl (C=O) groups is 1. The average Bonchev–Trinajstić information content (AvgIpc) is 3.58. The highest BCUT2D eigenvalue weighted by Gasteiger charge is 2.39. The summed E-state index contributed by atoms with van der Waals surface area (Å²) in [6.45, 7) is 4.15. The smallest absolute Gasteiger partial charge is 0.138 e. The number of fused-ring (bicyclic) bond motifs is 1. The van der Waals surface area contributed by atoms with E-state index in [0.717, 1.165) is 43.2 Å². The molecule has 0 radical (unpaired) electrons. The van der Waals surface area contributed by atoms with Crippen LogP contribution in [0.15, 0.2) is 42.7 Å². The van der Waals surface area contributed by atoms with Crippen molar-refractivity contribution in [3.8, 4) is 0 Å². The number of Topliss-reactive ketones (excluding diaryl/α,β-unsaturated/α-hetero) is 1. The van der Waals surface area contributed by atoms with Gasteiger partial charge in [-0.05, 0) is 56.6 Å². The van der Waals surface area contributed by atoms with E-state index < -0.39 is 0 Å². The van der Waals surface area contributed by atoms with Gasteiger partial charge in [0.2, 0.25) is 0 Å². The molecule has 33 heavy (non-hydrogen) atoms. The fourth-order valence-corrected chi connectivity index (χ4v) is 5.54. The number of likely N-dealkylation sites (N-methyl/N-ethyl adjacent to an activating group) is 1. The molecule has 172 valence electrons. The topological polar surface area (TPSA) is 57.0 Å². The number of piperazine rings is 1. The van der Waals surface area contributed by atoms with Crippen molar-refractivity contribution in [2.45, 2.75) is 43.7 Å². The molecule has 0 aromatic carbocycles. The molecule has 0 amide bonds. The lowest BCUT2D eigenvalue weighted by Gasteiger charge is -2.38. The van der Waals surface area contributed by atoms with Crippen LogP contribution in [0, 0.1) is 0 Å². The molecule has 2 unspecified atom stereocenters. The minimum absolute atomic E-state index is 0.00923. The van der Waals surface area contributed by atoms with Crippen molar-refractivity contribution < 1.29 is 4.79 Å². The summed E-state index contributed by atoms with van der Waals surface area (Å²) in [5, 5.41) is 0. The maximum absolute atomic E-state index is 12.9. The quantitative estimate of drug-likeness (QED) is 0.615. The standard InChI is InChI=1S/C26H32N6O/c1-29-11-13-31(14-12-29)25-7-3-6-24-28-21(17-32(24)25)22-15-19(33)16-23(30(22)2)26-20(18-8-9-18)5-4-10-27-26/h3-7,10,17-18,22-23H,8-9,11-16H2,1-2H3. The average molecular weight is 445 g/mol. The number of nitrogens with zero attached hydrogens (tertiary/aromatic N) is 6. The van der Waals surface area contributed by atoms with E-state index in [-0.39, 0.29) is 12.1 Å². The normalized spacial score (nSPS) is 25.2. The summed E-state index contributed by atoms with van der Waals surface area (Å²) in [5.74, 6) is 2.09. The van der Waals surface area contributed by atoms with Crippen molar-refractivity contribution in [3.05, 3.63) is 59.7 Å². The number of aromatic nitrogens is 3. The Balaban J connectivity index is 1.34. The number of piperidine rings is 1. The van der Waals surface area contributed by atoms with E-state index >= 15 is 0 Å². The SMILES string of the molecule is CN1CCN(c2cccc3nc(C4CC(=O)CC(c5ncccc5C5CC5)N4C)cn23)CC1. The first-order valence-corrected chi connectivity index (χ1v) is 12.2. The molecule has 5 heterocycles. The molecule has 3 aromatic heterocycles. The number of rotatable bonds is 4. The van der Waals surface area contributed by atoms with E-state index in [2.05, 4.69) is 63.7 Å². The van der Waals surface area contributed by atoms with Gasteiger partial charge in [-0.15, -0.1) is 0 Å². The lowest BCUT2D eigenvalue weighted by molar-refractivity contribution is -0.125. The Morgan fingerprint density at radius 3 is 2.52 bits per heavy atom. The van der Waals surface area contributed by atoms with Crippen LogP contribution >= 0.6 is 0 Å². The van der Waals surface area contributed by atoms with Gasteiger partial charge in [0.25, 0.3) is 0 Å². The highest BCUT2D eigenvalue weighted by Crippen LogP contribution is 2.46. The predicted octanol–water partition coefficient (Wildman–Crippen LogP) is 3.44. The molecule has 2 atom stereocenters. The van der Waals surface area contributed by atoms with Crippen molar-refractivity contribution >= 4 is 17.2 Å². The Labute approximate surface area is 195 Å². The molecule has 1 saturated carbocycles. The van der Waals surface area contributed by atoms with Gasteiger partial charge in [-0.25, -0.2) is 4.98 Å².